The fourth-order valence-electron chi connectivity index (χ4n) is 5.03. The lowest BCUT2D eigenvalue weighted by Gasteiger charge is -2.41. The summed E-state index contributed by atoms with van der Waals surface area (Å²) in [5.41, 5.74) is 1.69. The molecule has 2 saturated heterocycles. The number of nitrogens with zero attached hydrogens (tertiary/aromatic N) is 1. The molecule has 1 aromatic carbocycles. The van der Waals surface area contributed by atoms with Gasteiger partial charge in [-0.05, 0) is 63.7 Å². The van der Waals surface area contributed by atoms with Gasteiger partial charge < -0.3 is 10.2 Å². The molecule has 0 bridgehead atoms. The minimum absolute atomic E-state index is 0.200. The second-order valence-corrected chi connectivity index (χ2v) is 7.73. The third-order valence-electron chi connectivity index (χ3n) is 6.27. The first-order valence-electron chi connectivity index (χ1n) is 9.66. The molecule has 1 aliphatic carbocycles. The number of hydrogen-bond donors (Lipinski definition) is 2. The Bertz CT molecular complexity index is 489. The second-order valence-electron chi connectivity index (χ2n) is 7.73. The molecule has 0 amide bonds. The topological polar surface area (TPSA) is 27.3 Å². The standard InChI is InChI=1S/C20H31N3/c1-2-8-17(9-3-1)20(11-4-5-12-20)22-19-16-18(10-13-21-19)23-14-6-7-15-23/h1-3,8-9,18-19,21-22H,4-7,10-16H2. The van der Waals surface area contributed by atoms with Crippen molar-refractivity contribution in [2.45, 2.75) is 69.1 Å². The molecule has 3 nitrogen and oxygen atoms in total. The van der Waals surface area contributed by atoms with Crippen molar-refractivity contribution in [1.82, 2.24) is 15.5 Å². The maximum Gasteiger partial charge on any atom is 0.0593 e. The van der Waals surface area contributed by atoms with Crippen molar-refractivity contribution in [2.75, 3.05) is 19.6 Å². The van der Waals surface area contributed by atoms with E-state index in [0.717, 1.165) is 12.6 Å². The summed E-state index contributed by atoms with van der Waals surface area (Å²) in [6, 6.07) is 11.9. The molecule has 2 N–H and O–H groups in total. The van der Waals surface area contributed by atoms with Crippen LogP contribution in [-0.2, 0) is 5.54 Å². The van der Waals surface area contributed by atoms with Crippen molar-refractivity contribution in [2.24, 2.45) is 0 Å². The van der Waals surface area contributed by atoms with Crippen molar-refractivity contribution in [1.29, 1.82) is 0 Å². The van der Waals surface area contributed by atoms with E-state index in [2.05, 4.69) is 45.9 Å². The van der Waals surface area contributed by atoms with Crippen LogP contribution < -0.4 is 10.6 Å². The van der Waals surface area contributed by atoms with Gasteiger partial charge in [0.15, 0.2) is 0 Å². The van der Waals surface area contributed by atoms with Gasteiger partial charge in [0.1, 0.15) is 0 Å². The van der Waals surface area contributed by atoms with Gasteiger partial charge in [-0.3, -0.25) is 5.32 Å². The Kier molecular flexibility index (Phi) is 4.70. The van der Waals surface area contributed by atoms with Crippen molar-refractivity contribution >= 4 is 0 Å². The van der Waals surface area contributed by atoms with Crippen LogP contribution in [-0.4, -0.2) is 36.7 Å². The molecule has 1 saturated carbocycles. The molecule has 0 radical (unpaired) electrons. The third kappa shape index (κ3) is 3.33. The molecule has 3 aliphatic rings. The van der Waals surface area contributed by atoms with E-state index in [1.807, 2.05) is 0 Å². The lowest BCUT2D eigenvalue weighted by Crippen LogP contribution is -2.58. The fourth-order valence-corrected chi connectivity index (χ4v) is 5.03. The highest BCUT2D eigenvalue weighted by Crippen LogP contribution is 2.39. The Balaban J connectivity index is 1.46. The average molecular weight is 313 g/mol. The first-order chi connectivity index (χ1) is 11.4. The molecule has 0 aromatic heterocycles. The van der Waals surface area contributed by atoms with Crippen LogP contribution in [0.5, 0.6) is 0 Å². The SMILES string of the molecule is c1ccc(C2(NC3CC(N4CCCC4)CCN3)CCCC2)cc1. The molecule has 1 aromatic rings. The van der Waals surface area contributed by atoms with E-state index in [1.165, 1.54) is 70.0 Å². The van der Waals surface area contributed by atoms with Gasteiger partial charge >= 0.3 is 0 Å². The normalized spacial score (nSPS) is 31.5. The summed E-state index contributed by atoms with van der Waals surface area (Å²) in [4.78, 5) is 2.74. The molecule has 2 aliphatic heterocycles. The second kappa shape index (κ2) is 6.92. The maximum atomic E-state index is 4.06. The summed E-state index contributed by atoms with van der Waals surface area (Å²) in [5.74, 6) is 0. The van der Waals surface area contributed by atoms with Crippen LogP contribution in [0.25, 0.3) is 0 Å². The van der Waals surface area contributed by atoms with Crippen LogP contribution >= 0.6 is 0 Å². The van der Waals surface area contributed by atoms with E-state index < -0.39 is 0 Å². The lowest BCUT2D eigenvalue weighted by molar-refractivity contribution is 0.140. The summed E-state index contributed by atoms with van der Waals surface area (Å²) in [6.45, 7) is 3.80. The quantitative estimate of drug-likeness (QED) is 0.894. The van der Waals surface area contributed by atoms with Crippen LogP contribution in [0.3, 0.4) is 0 Å². The van der Waals surface area contributed by atoms with Gasteiger partial charge in [0.05, 0.1) is 6.17 Å². The van der Waals surface area contributed by atoms with Gasteiger partial charge in [-0.25, -0.2) is 0 Å². The molecular weight excluding hydrogens is 282 g/mol. The van der Waals surface area contributed by atoms with Gasteiger partial charge in [-0.15, -0.1) is 0 Å². The molecule has 3 heteroatoms. The van der Waals surface area contributed by atoms with Gasteiger partial charge in [0.2, 0.25) is 0 Å². The molecule has 2 atom stereocenters. The Labute approximate surface area is 140 Å². The zero-order chi connectivity index (χ0) is 15.5. The predicted octanol–water partition coefficient (Wildman–Crippen LogP) is 3.22. The number of likely N-dealkylation sites (tertiary alicyclic amines) is 1. The number of benzene rings is 1. The molecule has 2 unspecified atom stereocenters. The van der Waals surface area contributed by atoms with Crippen LogP contribution in [0.4, 0.5) is 0 Å². The lowest BCUT2D eigenvalue weighted by atomic mass is 9.87. The van der Waals surface area contributed by atoms with E-state index in [1.54, 1.807) is 0 Å². The highest BCUT2D eigenvalue weighted by Gasteiger charge is 2.38. The summed E-state index contributed by atoms with van der Waals surface area (Å²) >= 11 is 0. The monoisotopic (exact) mass is 313 g/mol. The smallest absolute Gasteiger partial charge is 0.0593 e. The minimum Gasteiger partial charge on any atom is -0.302 e. The van der Waals surface area contributed by atoms with Crippen LogP contribution in [0.2, 0.25) is 0 Å². The number of rotatable bonds is 4. The summed E-state index contributed by atoms with van der Waals surface area (Å²) in [5, 5.41) is 7.82. The minimum atomic E-state index is 0.200. The third-order valence-corrected chi connectivity index (χ3v) is 6.27. The summed E-state index contributed by atoms with van der Waals surface area (Å²) in [6.07, 6.45) is 11.1. The van der Waals surface area contributed by atoms with Crippen molar-refractivity contribution < 1.29 is 0 Å². The zero-order valence-corrected chi connectivity index (χ0v) is 14.3. The number of piperidine rings is 1. The molecule has 0 spiro atoms. The molecular formula is C20H31N3. The van der Waals surface area contributed by atoms with Gasteiger partial charge in [-0.2, -0.15) is 0 Å². The van der Waals surface area contributed by atoms with Crippen LogP contribution in [0.15, 0.2) is 30.3 Å². The Morgan fingerprint density at radius 2 is 1.74 bits per heavy atom. The largest absolute Gasteiger partial charge is 0.302 e. The fraction of sp³-hybridized carbons (Fsp3) is 0.700. The first kappa shape index (κ1) is 15.6. The number of nitrogens with one attached hydrogen (secondary N) is 2. The van der Waals surface area contributed by atoms with E-state index >= 15 is 0 Å². The average Bonchev–Trinajstić information content (AvgIpc) is 3.28. The highest BCUT2D eigenvalue weighted by molar-refractivity contribution is 5.26. The van der Waals surface area contributed by atoms with Gasteiger partial charge in [0, 0.05) is 11.6 Å². The molecule has 23 heavy (non-hydrogen) atoms. The van der Waals surface area contributed by atoms with Gasteiger partial charge in [0.25, 0.3) is 0 Å². The zero-order valence-electron chi connectivity index (χ0n) is 14.3. The van der Waals surface area contributed by atoms with Crippen molar-refractivity contribution in [3.8, 4) is 0 Å². The van der Waals surface area contributed by atoms with Gasteiger partial charge in [-0.1, -0.05) is 43.2 Å². The van der Waals surface area contributed by atoms with Crippen molar-refractivity contribution in [3.05, 3.63) is 35.9 Å². The van der Waals surface area contributed by atoms with Crippen LogP contribution in [0.1, 0.15) is 56.9 Å². The highest BCUT2D eigenvalue weighted by atomic mass is 15.2. The predicted molar refractivity (Wildman–Crippen MR) is 95.3 cm³/mol. The molecule has 4 rings (SSSR count). The first-order valence-corrected chi connectivity index (χ1v) is 9.66. The van der Waals surface area contributed by atoms with E-state index in [0.29, 0.717) is 6.17 Å². The van der Waals surface area contributed by atoms with Crippen molar-refractivity contribution in [3.63, 3.8) is 0 Å². The Morgan fingerprint density at radius 1 is 1.00 bits per heavy atom. The summed E-state index contributed by atoms with van der Waals surface area (Å²) in [7, 11) is 0. The van der Waals surface area contributed by atoms with Crippen LogP contribution in [0, 0.1) is 0 Å². The maximum absolute atomic E-state index is 4.06. The molecule has 126 valence electrons. The Hall–Kier alpha value is -0.900. The molecule has 3 fully saturated rings. The molecule has 2 heterocycles. The van der Waals surface area contributed by atoms with E-state index in [4.69, 9.17) is 0 Å². The Morgan fingerprint density at radius 3 is 2.48 bits per heavy atom. The number of hydrogen-bond acceptors (Lipinski definition) is 3. The summed E-state index contributed by atoms with van der Waals surface area (Å²) < 4.78 is 0. The van der Waals surface area contributed by atoms with E-state index in [-0.39, 0.29) is 5.54 Å². The van der Waals surface area contributed by atoms with E-state index in [9.17, 15) is 0 Å².